The van der Waals surface area contributed by atoms with Crippen LogP contribution in [0.15, 0.2) is 59.6 Å². The van der Waals surface area contributed by atoms with Crippen molar-refractivity contribution in [2.45, 2.75) is 38.5 Å². The molecular formula is C21H28FIN4. The first kappa shape index (κ1) is 21.6. The van der Waals surface area contributed by atoms with Crippen LogP contribution in [0.4, 0.5) is 4.39 Å². The van der Waals surface area contributed by atoms with Crippen LogP contribution in [0.25, 0.3) is 0 Å². The van der Waals surface area contributed by atoms with Gasteiger partial charge in [-0.15, -0.1) is 24.0 Å². The fourth-order valence-electron chi connectivity index (χ4n) is 3.42. The molecule has 0 aromatic heterocycles. The van der Waals surface area contributed by atoms with Gasteiger partial charge in [-0.25, -0.2) is 4.39 Å². The zero-order valence-electron chi connectivity index (χ0n) is 15.9. The number of hydrogen-bond donors (Lipinski definition) is 2. The first-order valence-electron chi connectivity index (χ1n) is 9.13. The molecule has 0 bridgehead atoms. The maximum absolute atomic E-state index is 13.0. The Morgan fingerprint density at radius 3 is 2.48 bits per heavy atom. The third-order valence-electron chi connectivity index (χ3n) is 4.87. The van der Waals surface area contributed by atoms with Gasteiger partial charge in [0.05, 0.1) is 0 Å². The van der Waals surface area contributed by atoms with Gasteiger partial charge in [0.15, 0.2) is 5.96 Å². The van der Waals surface area contributed by atoms with Crippen molar-refractivity contribution in [2.75, 3.05) is 13.6 Å². The van der Waals surface area contributed by atoms with Crippen molar-refractivity contribution < 1.29 is 4.39 Å². The first-order chi connectivity index (χ1) is 12.6. The lowest BCUT2D eigenvalue weighted by molar-refractivity contribution is 0.258. The summed E-state index contributed by atoms with van der Waals surface area (Å²) >= 11 is 0. The van der Waals surface area contributed by atoms with Crippen molar-refractivity contribution >= 4 is 29.9 Å². The summed E-state index contributed by atoms with van der Waals surface area (Å²) in [5.41, 5.74) is 2.37. The SMILES string of the molecule is CN=C(NCc1ccc(F)cc1)NC1CC(C)N(Cc2ccccc2)C1.I. The molecular weight excluding hydrogens is 454 g/mol. The van der Waals surface area contributed by atoms with Gasteiger partial charge >= 0.3 is 0 Å². The van der Waals surface area contributed by atoms with Gasteiger partial charge in [-0.3, -0.25) is 9.89 Å². The Bertz CT molecular complexity index is 721. The lowest BCUT2D eigenvalue weighted by Crippen LogP contribution is -2.44. The van der Waals surface area contributed by atoms with Crippen LogP contribution in [0, 0.1) is 5.82 Å². The van der Waals surface area contributed by atoms with E-state index in [0.29, 0.717) is 18.6 Å². The molecule has 0 amide bonds. The number of halogens is 2. The molecule has 1 saturated heterocycles. The molecule has 0 spiro atoms. The molecule has 146 valence electrons. The van der Waals surface area contributed by atoms with Gasteiger partial charge in [0.2, 0.25) is 0 Å². The average Bonchev–Trinajstić information content (AvgIpc) is 3.00. The van der Waals surface area contributed by atoms with Crippen molar-refractivity contribution in [1.29, 1.82) is 0 Å². The molecule has 2 unspecified atom stereocenters. The van der Waals surface area contributed by atoms with Crippen molar-refractivity contribution in [2.24, 2.45) is 4.99 Å². The molecule has 0 radical (unpaired) electrons. The number of nitrogens with zero attached hydrogens (tertiary/aromatic N) is 2. The summed E-state index contributed by atoms with van der Waals surface area (Å²) in [6.07, 6.45) is 1.09. The number of aliphatic imine (C=N–C) groups is 1. The van der Waals surface area contributed by atoms with Gasteiger partial charge < -0.3 is 10.6 Å². The maximum Gasteiger partial charge on any atom is 0.191 e. The average molecular weight is 482 g/mol. The van der Waals surface area contributed by atoms with Gasteiger partial charge in [-0.1, -0.05) is 42.5 Å². The number of hydrogen-bond acceptors (Lipinski definition) is 2. The zero-order chi connectivity index (χ0) is 18.4. The van der Waals surface area contributed by atoms with E-state index in [2.05, 4.69) is 57.8 Å². The van der Waals surface area contributed by atoms with E-state index in [1.54, 1.807) is 19.2 Å². The second kappa shape index (κ2) is 10.6. The summed E-state index contributed by atoms with van der Waals surface area (Å²) in [4.78, 5) is 6.82. The van der Waals surface area contributed by atoms with Crippen LogP contribution in [0.5, 0.6) is 0 Å². The van der Waals surface area contributed by atoms with Crippen LogP contribution in [-0.4, -0.2) is 36.5 Å². The van der Waals surface area contributed by atoms with Crippen LogP contribution >= 0.6 is 24.0 Å². The summed E-state index contributed by atoms with van der Waals surface area (Å²) in [6, 6.07) is 18.0. The highest BCUT2D eigenvalue weighted by atomic mass is 127. The lowest BCUT2D eigenvalue weighted by atomic mass is 10.2. The largest absolute Gasteiger partial charge is 0.352 e. The number of nitrogens with one attached hydrogen (secondary N) is 2. The minimum atomic E-state index is -0.213. The van der Waals surface area contributed by atoms with E-state index in [-0.39, 0.29) is 29.8 Å². The molecule has 2 aromatic carbocycles. The number of likely N-dealkylation sites (tertiary alicyclic amines) is 1. The highest BCUT2D eigenvalue weighted by molar-refractivity contribution is 14.0. The Labute approximate surface area is 178 Å². The summed E-state index contributed by atoms with van der Waals surface area (Å²) in [5.74, 6) is 0.572. The third-order valence-corrected chi connectivity index (χ3v) is 4.87. The molecule has 1 aliphatic rings. The molecule has 0 saturated carbocycles. The summed E-state index contributed by atoms with van der Waals surface area (Å²) < 4.78 is 13.0. The van der Waals surface area contributed by atoms with Crippen LogP contribution in [-0.2, 0) is 13.1 Å². The number of rotatable bonds is 5. The molecule has 2 N–H and O–H groups in total. The summed E-state index contributed by atoms with van der Waals surface area (Å²) in [7, 11) is 1.78. The van der Waals surface area contributed by atoms with Gasteiger partial charge in [0.1, 0.15) is 5.82 Å². The molecule has 0 aliphatic carbocycles. The van der Waals surface area contributed by atoms with Gasteiger partial charge in [0, 0.05) is 38.8 Å². The Morgan fingerprint density at radius 1 is 1.11 bits per heavy atom. The van der Waals surface area contributed by atoms with E-state index in [9.17, 15) is 4.39 Å². The second-order valence-corrected chi connectivity index (χ2v) is 6.89. The van der Waals surface area contributed by atoms with Crippen LogP contribution in [0.1, 0.15) is 24.5 Å². The van der Waals surface area contributed by atoms with Crippen molar-refractivity contribution in [3.8, 4) is 0 Å². The first-order valence-corrected chi connectivity index (χ1v) is 9.13. The fourth-order valence-corrected chi connectivity index (χ4v) is 3.42. The third kappa shape index (κ3) is 6.46. The normalized spacial score (nSPS) is 20.2. The predicted molar refractivity (Wildman–Crippen MR) is 120 cm³/mol. The molecule has 3 rings (SSSR count). The van der Waals surface area contributed by atoms with Gasteiger partial charge in [-0.05, 0) is 36.6 Å². The van der Waals surface area contributed by atoms with Crippen LogP contribution in [0.3, 0.4) is 0 Å². The van der Waals surface area contributed by atoms with E-state index in [1.165, 1.54) is 17.7 Å². The monoisotopic (exact) mass is 482 g/mol. The van der Waals surface area contributed by atoms with E-state index >= 15 is 0 Å². The molecule has 4 nitrogen and oxygen atoms in total. The smallest absolute Gasteiger partial charge is 0.191 e. The highest BCUT2D eigenvalue weighted by Crippen LogP contribution is 2.20. The van der Waals surface area contributed by atoms with E-state index in [4.69, 9.17) is 0 Å². The Kier molecular flexibility index (Phi) is 8.50. The molecule has 1 fully saturated rings. The van der Waals surface area contributed by atoms with E-state index in [1.807, 2.05) is 0 Å². The number of guanidine groups is 1. The van der Waals surface area contributed by atoms with Gasteiger partial charge in [0.25, 0.3) is 0 Å². The Morgan fingerprint density at radius 2 is 1.81 bits per heavy atom. The quantitative estimate of drug-likeness (QED) is 0.387. The second-order valence-electron chi connectivity index (χ2n) is 6.89. The lowest BCUT2D eigenvalue weighted by Gasteiger charge is -2.21. The van der Waals surface area contributed by atoms with Crippen LogP contribution < -0.4 is 10.6 Å². The van der Waals surface area contributed by atoms with Crippen molar-refractivity contribution in [3.63, 3.8) is 0 Å². The van der Waals surface area contributed by atoms with Crippen LogP contribution in [0.2, 0.25) is 0 Å². The van der Waals surface area contributed by atoms with Crippen molar-refractivity contribution in [1.82, 2.24) is 15.5 Å². The molecule has 1 aliphatic heterocycles. The molecule has 27 heavy (non-hydrogen) atoms. The maximum atomic E-state index is 13.0. The minimum absolute atomic E-state index is 0. The number of benzene rings is 2. The van der Waals surface area contributed by atoms with Gasteiger partial charge in [-0.2, -0.15) is 0 Å². The molecule has 6 heteroatoms. The minimum Gasteiger partial charge on any atom is -0.352 e. The zero-order valence-corrected chi connectivity index (χ0v) is 18.2. The Hall–Kier alpha value is -1.67. The summed E-state index contributed by atoms with van der Waals surface area (Å²) in [6.45, 7) is 4.87. The van der Waals surface area contributed by atoms with Crippen molar-refractivity contribution in [3.05, 3.63) is 71.5 Å². The standard InChI is InChI=1S/C21H27FN4.HI/c1-16-12-20(15-26(16)14-18-6-4-3-5-7-18)25-21(23-2)24-13-17-8-10-19(22)11-9-17;/h3-11,16,20H,12-15H2,1-2H3,(H2,23,24,25);1H. The topological polar surface area (TPSA) is 39.7 Å². The molecule has 1 heterocycles. The molecule has 2 aromatic rings. The Balaban J connectivity index is 0.00000261. The van der Waals surface area contributed by atoms with E-state index < -0.39 is 0 Å². The molecule has 2 atom stereocenters. The fraction of sp³-hybridized carbons (Fsp3) is 0.381. The highest BCUT2D eigenvalue weighted by Gasteiger charge is 2.29. The predicted octanol–water partition coefficient (Wildman–Crippen LogP) is 3.77. The summed E-state index contributed by atoms with van der Waals surface area (Å²) in [5, 5.41) is 6.83. The van der Waals surface area contributed by atoms with E-state index in [0.717, 1.165) is 31.0 Å².